The zero-order chi connectivity index (χ0) is 24.4. The van der Waals surface area contributed by atoms with E-state index in [1.54, 1.807) is 6.07 Å². The normalized spacial score (nSPS) is 13.3. The maximum absolute atomic E-state index is 12.9. The van der Waals surface area contributed by atoms with Gasteiger partial charge in [0.2, 0.25) is 5.91 Å². The molecule has 1 aromatic heterocycles. The number of nitrogens with zero attached hydrogens (tertiary/aromatic N) is 1. The molecular weight excluding hydrogens is 458 g/mol. The van der Waals surface area contributed by atoms with Crippen LogP contribution in [0.5, 0.6) is 11.5 Å². The Hall–Kier alpha value is -3.71. The molecule has 0 bridgehead atoms. The van der Waals surface area contributed by atoms with Gasteiger partial charge in [-0.2, -0.15) is 0 Å². The number of rotatable bonds is 6. The Morgan fingerprint density at radius 3 is 2.23 bits per heavy atom. The topological polar surface area (TPSA) is 76.2 Å². The minimum atomic E-state index is -0.369. The van der Waals surface area contributed by atoms with Crippen LogP contribution in [-0.4, -0.2) is 34.3 Å². The third-order valence-electron chi connectivity index (χ3n) is 5.81. The van der Waals surface area contributed by atoms with Crippen LogP contribution < -0.4 is 14.8 Å². The van der Waals surface area contributed by atoms with Crippen molar-refractivity contribution in [3.8, 4) is 34.0 Å². The van der Waals surface area contributed by atoms with E-state index in [0.717, 1.165) is 22.5 Å². The number of aromatic nitrogens is 2. The Morgan fingerprint density at radius 2 is 1.54 bits per heavy atom. The zero-order valence-electron chi connectivity index (χ0n) is 19.9. The third kappa shape index (κ3) is 5.20. The zero-order valence-corrected chi connectivity index (χ0v) is 20.7. The molecule has 1 aliphatic heterocycles. The molecule has 3 aromatic carbocycles. The molecule has 1 unspecified atom stereocenters. The van der Waals surface area contributed by atoms with E-state index in [1.165, 1.54) is 22.9 Å². The third-order valence-corrected chi connectivity index (χ3v) is 6.80. The van der Waals surface area contributed by atoms with Gasteiger partial charge in [-0.15, -0.1) is 0 Å². The lowest BCUT2D eigenvalue weighted by molar-refractivity contribution is -0.115. The summed E-state index contributed by atoms with van der Waals surface area (Å²) in [7, 11) is 0. The lowest BCUT2D eigenvalue weighted by atomic mass is 10.0. The van der Waals surface area contributed by atoms with Crippen molar-refractivity contribution in [2.75, 3.05) is 18.5 Å². The van der Waals surface area contributed by atoms with E-state index in [2.05, 4.69) is 72.7 Å². The summed E-state index contributed by atoms with van der Waals surface area (Å²) in [5.74, 6) is 1.22. The molecule has 1 atom stereocenters. The van der Waals surface area contributed by atoms with E-state index in [4.69, 9.17) is 14.5 Å². The van der Waals surface area contributed by atoms with Gasteiger partial charge in [0.15, 0.2) is 16.7 Å². The quantitative estimate of drug-likeness (QED) is 0.316. The smallest absolute Gasteiger partial charge is 0.237 e. The van der Waals surface area contributed by atoms with Crippen molar-refractivity contribution in [2.45, 2.75) is 31.2 Å². The number of thioether (sulfide) groups is 1. The molecule has 4 aromatic rings. The Labute approximate surface area is 209 Å². The summed E-state index contributed by atoms with van der Waals surface area (Å²) in [6.07, 6.45) is 0. The van der Waals surface area contributed by atoms with E-state index in [-0.39, 0.29) is 11.2 Å². The van der Waals surface area contributed by atoms with E-state index >= 15 is 0 Å². The number of imidazole rings is 1. The van der Waals surface area contributed by atoms with Crippen molar-refractivity contribution in [1.82, 2.24) is 9.97 Å². The van der Waals surface area contributed by atoms with Gasteiger partial charge in [-0.3, -0.25) is 4.79 Å². The molecule has 0 saturated heterocycles. The molecule has 2 N–H and O–H groups in total. The average Bonchev–Trinajstić information content (AvgIpc) is 3.28. The summed E-state index contributed by atoms with van der Waals surface area (Å²) in [6, 6.07) is 22.1. The highest BCUT2D eigenvalue weighted by molar-refractivity contribution is 8.00. The van der Waals surface area contributed by atoms with Crippen molar-refractivity contribution in [1.29, 1.82) is 0 Å². The second-order valence-electron chi connectivity index (χ2n) is 8.61. The molecule has 7 heteroatoms. The molecule has 0 aliphatic carbocycles. The second kappa shape index (κ2) is 9.88. The molecule has 5 rings (SSSR count). The molecular formula is C28H27N3O3S. The number of carbonyl (C=O) groups is 1. The van der Waals surface area contributed by atoms with E-state index in [0.29, 0.717) is 35.6 Å². The summed E-state index contributed by atoms with van der Waals surface area (Å²) in [5.41, 5.74) is 6.96. The van der Waals surface area contributed by atoms with E-state index < -0.39 is 0 Å². The number of hydrogen-bond donors (Lipinski definition) is 2. The van der Waals surface area contributed by atoms with Crippen LogP contribution in [0.15, 0.2) is 71.9 Å². The van der Waals surface area contributed by atoms with Crippen LogP contribution >= 0.6 is 11.8 Å². The number of H-pyrrole nitrogens is 1. The first-order valence-electron chi connectivity index (χ1n) is 11.6. The van der Waals surface area contributed by atoms with E-state index in [1.807, 2.05) is 19.1 Å². The standard InChI is InChI=1S/C28H27N3O3S/c1-17-4-8-20(9-5-17)25-26(21-10-6-18(2)7-11-21)31-28(30-25)35-19(3)27(32)29-22-12-13-23-24(16-22)34-15-14-33-23/h4-13,16,19H,14-15H2,1-3H3,(H,29,32)(H,30,31). The number of aromatic amines is 1. The molecule has 0 saturated carbocycles. The number of nitrogens with one attached hydrogen (secondary N) is 2. The number of anilines is 1. The summed E-state index contributed by atoms with van der Waals surface area (Å²) in [5, 5.41) is 3.30. The van der Waals surface area contributed by atoms with Crippen LogP contribution in [-0.2, 0) is 4.79 Å². The molecule has 1 amide bonds. The maximum atomic E-state index is 12.9. The van der Waals surface area contributed by atoms with Gasteiger partial charge in [0.1, 0.15) is 13.2 Å². The Bertz CT molecular complexity index is 1280. The van der Waals surface area contributed by atoms with Gasteiger partial charge in [0.05, 0.1) is 16.6 Å². The van der Waals surface area contributed by atoms with Crippen LogP contribution in [0.1, 0.15) is 18.1 Å². The van der Waals surface area contributed by atoms with Gasteiger partial charge in [-0.05, 0) is 32.9 Å². The predicted molar refractivity (Wildman–Crippen MR) is 140 cm³/mol. The van der Waals surface area contributed by atoms with Crippen molar-refractivity contribution in [3.05, 3.63) is 77.9 Å². The number of benzene rings is 3. The summed E-state index contributed by atoms with van der Waals surface area (Å²) < 4.78 is 11.2. The second-order valence-corrected chi connectivity index (χ2v) is 9.93. The molecule has 1 aliphatic rings. The molecule has 178 valence electrons. The van der Waals surface area contributed by atoms with Crippen molar-refractivity contribution < 1.29 is 14.3 Å². The summed E-state index contributed by atoms with van der Waals surface area (Å²) >= 11 is 1.40. The number of carbonyl (C=O) groups excluding carboxylic acids is 1. The Kier molecular flexibility index (Phi) is 6.51. The fourth-order valence-electron chi connectivity index (χ4n) is 3.84. The number of aryl methyl sites for hydroxylation is 2. The first kappa shape index (κ1) is 23.1. The monoisotopic (exact) mass is 485 g/mol. The highest BCUT2D eigenvalue weighted by Crippen LogP contribution is 2.35. The van der Waals surface area contributed by atoms with Crippen LogP contribution in [0.3, 0.4) is 0 Å². The van der Waals surface area contributed by atoms with Gasteiger partial charge < -0.3 is 19.8 Å². The minimum absolute atomic E-state index is 0.114. The largest absolute Gasteiger partial charge is 0.486 e. The number of amides is 1. The van der Waals surface area contributed by atoms with Crippen molar-refractivity contribution in [3.63, 3.8) is 0 Å². The Morgan fingerprint density at radius 1 is 0.914 bits per heavy atom. The Balaban J connectivity index is 1.37. The predicted octanol–water partition coefficient (Wildman–Crippen LogP) is 6.25. The van der Waals surface area contributed by atoms with Crippen LogP contribution in [0.2, 0.25) is 0 Å². The first-order valence-corrected chi connectivity index (χ1v) is 12.5. The van der Waals surface area contributed by atoms with Gasteiger partial charge >= 0.3 is 0 Å². The van der Waals surface area contributed by atoms with Crippen LogP contribution in [0.4, 0.5) is 5.69 Å². The number of fused-ring (bicyclic) bond motifs is 1. The first-order chi connectivity index (χ1) is 17.0. The maximum Gasteiger partial charge on any atom is 0.237 e. The lowest BCUT2D eigenvalue weighted by Gasteiger charge is -2.19. The molecule has 0 radical (unpaired) electrons. The van der Waals surface area contributed by atoms with Gasteiger partial charge in [-0.25, -0.2) is 4.98 Å². The van der Waals surface area contributed by atoms with Crippen molar-refractivity contribution in [2.24, 2.45) is 0 Å². The summed E-state index contributed by atoms with van der Waals surface area (Å²) in [4.78, 5) is 21.3. The molecule has 0 spiro atoms. The van der Waals surface area contributed by atoms with E-state index in [9.17, 15) is 4.79 Å². The molecule has 6 nitrogen and oxygen atoms in total. The van der Waals surface area contributed by atoms with Gasteiger partial charge in [-0.1, -0.05) is 71.4 Å². The fraction of sp³-hybridized carbons (Fsp3) is 0.214. The van der Waals surface area contributed by atoms with Gasteiger partial charge in [0, 0.05) is 22.9 Å². The number of ether oxygens (including phenoxy) is 2. The number of hydrogen-bond acceptors (Lipinski definition) is 5. The van der Waals surface area contributed by atoms with Crippen LogP contribution in [0, 0.1) is 13.8 Å². The SMILES string of the molecule is Cc1ccc(-c2nc(SC(C)C(=O)Nc3ccc4c(c3)OCCO4)[nH]c2-c2ccc(C)cc2)cc1. The fourth-order valence-corrected chi connectivity index (χ4v) is 4.65. The molecule has 0 fully saturated rings. The van der Waals surface area contributed by atoms with Crippen molar-refractivity contribution >= 4 is 23.4 Å². The highest BCUT2D eigenvalue weighted by Gasteiger charge is 2.21. The summed E-state index contributed by atoms with van der Waals surface area (Å²) in [6.45, 7) is 7.05. The minimum Gasteiger partial charge on any atom is -0.486 e. The average molecular weight is 486 g/mol. The van der Waals surface area contributed by atoms with Crippen LogP contribution in [0.25, 0.3) is 22.5 Å². The molecule has 35 heavy (non-hydrogen) atoms. The highest BCUT2D eigenvalue weighted by atomic mass is 32.2. The lowest BCUT2D eigenvalue weighted by Crippen LogP contribution is -2.23. The molecule has 2 heterocycles. The van der Waals surface area contributed by atoms with Gasteiger partial charge in [0.25, 0.3) is 0 Å².